The highest BCUT2D eigenvalue weighted by Gasteiger charge is 2.00. The van der Waals surface area contributed by atoms with Crippen LogP contribution in [0, 0.1) is 0 Å². The predicted molar refractivity (Wildman–Crippen MR) is 63.5 cm³/mol. The minimum Gasteiger partial charge on any atom is -0.482 e. The van der Waals surface area contributed by atoms with Crippen molar-refractivity contribution >= 4 is 11.9 Å². The molecule has 0 saturated heterocycles. The number of benzene rings is 1. The Bertz CT molecular complexity index is 401. The Balaban J connectivity index is 2.31. The van der Waals surface area contributed by atoms with Crippen LogP contribution in [0.5, 0.6) is 5.75 Å². The quantitative estimate of drug-likeness (QED) is 0.591. The summed E-state index contributed by atoms with van der Waals surface area (Å²) in [4.78, 5) is 20.6. The first-order valence-corrected chi connectivity index (χ1v) is 5.44. The first kappa shape index (κ1) is 14.0. The summed E-state index contributed by atoms with van der Waals surface area (Å²) in [6.07, 6.45) is 0.0831. The molecule has 6 nitrogen and oxygen atoms in total. The molecule has 0 aliphatic carbocycles. The number of rotatable bonds is 8. The van der Waals surface area contributed by atoms with Gasteiger partial charge in [0.2, 0.25) is 0 Å². The number of carboxylic acid groups (broad SMARTS) is 2. The van der Waals surface area contributed by atoms with E-state index >= 15 is 0 Å². The standard InChI is InChI=1S/C12H15NO5/c14-11(15)5-6-13-7-9-1-3-10(4-2-9)18-8-12(16)17/h1-4,13H,5-8H2,(H,14,15)(H,16,17). The molecule has 1 aromatic carbocycles. The van der Waals surface area contributed by atoms with Crippen molar-refractivity contribution < 1.29 is 24.5 Å². The van der Waals surface area contributed by atoms with Crippen LogP contribution >= 0.6 is 0 Å². The number of aliphatic carboxylic acids is 2. The number of carbonyl (C=O) groups is 2. The van der Waals surface area contributed by atoms with Crippen molar-refractivity contribution in [2.24, 2.45) is 0 Å². The maximum absolute atomic E-state index is 10.3. The fourth-order valence-corrected chi connectivity index (χ4v) is 1.28. The fraction of sp³-hybridized carbons (Fsp3) is 0.333. The van der Waals surface area contributed by atoms with Crippen LogP contribution in [0.15, 0.2) is 24.3 Å². The Hall–Kier alpha value is -2.08. The van der Waals surface area contributed by atoms with Crippen LogP contribution in [0.4, 0.5) is 0 Å². The van der Waals surface area contributed by atoms with Crippen LogP contribution < -0.4 is 10.1 Å². The topological polar surface area (TPSA) is 95.9 Å². The lowest BCUT2D eigenvalue weighted by molar-refractivity contribution is -0.139. The Kier molecular flexibility index (Phi) is 5.66. The number of carboxylic acids is 2. The number of ether oxygens (including phenoxy) is 1. The highest BCUT2D eigenvalue weighted by atomic mass is 16.5. The third-order valence-electron chi connectivity index (χ3n) is 2.13. The molecular weight excluding hydrogens is 238 g/mol. The molecule has 0 atom stereocenters. The predicted octanol–water partition coefficient (Wildman–Crippen LogP) is 0.714. The Labute approximate surface area is 104 Å². The van der Waals surface area contributed by atoms with Crippen LogP contribution in [0.25, 0.3) is 0 Å². The van der Waals surface area contributed by atoms with E-state index < -0.39 is 11.9 Å². The average molecular weight is 253 g/mol. The van der Waals surface area contributed by atoms with E-state index in [0.717, 1.165) is 5.56 Å². The summed E-state index contributed by atoms with van der Waals surface area (Å²) in [7, 11) is 0. The summed E-state index contributed by atoms with van der Waals surface area (Å²) in [6, 6.07) is 6.95. The molecule has 0 amide bonds. The second-order valence-electron chi connectivity index (χ2n) is 3.65. The summed E-state index contributed by atoms with van der Waals surface area (Å²) in [6.45, 7) is 0.606. The largest absolute Gasteiger partial charge is 0.482 e. The Morgan fingerprint density at radius 1 is 1.11 bits per heavy atom. The molecule has 0 saturated carbocycles. The van der Waals surface area contributed by atoms with Crippen molar-refractivity contribution in [2.45, 2.75) is 13.0 Å². The van der Waals surface area contributed by atoms with Gasteiger partial charge in [-0.25, -0.2) is 4.79 Å². The zero-order chi connectivity index (χ0) is 13.4. The highest BCUT2D eigenvalue weighted by Crippen LogP contribution is 2.11. The third-order valence-corrected chi connectivity index (χ3v) is 2.13. The van der Waals surface area contributed by atoms with Crippen LogP contribution in [0.3, 0.4) is 0 Å². The average Bonchev–Trinajstić information content (AvgIpc) is 2.33. The van der Waals surface area contributed by atoms with E-state index in [1.807, 2.05) is 0 Å². The molecule has 3 N–H and O–H groups in total. The van der Waals surface area contributed by atoms with Gasteiger partial charge in [0.1, 0.15) is 5.75 Å². The summed E-state index contributed by atoms with van der Waals surface area (Å²) in [5.41, 5.74) is 0.975. The van der Waals surface area contributed by atoms with Crippen LogP contribution in [-0.2, 0) is 16.1 Å². The summed E-state index contributed by atoms with van der Waals surface area (Å²) < 4.78 is 4.98. The van der Waals surface area contributed by atoms with Gasteiger partial charge in [-0.3, -0.25) is 4.79 Å². The van der Waals surface area contributed by atoms with Gasteiger partial charge in [0.25, 0.3) is 0 Å². The molecule has 0 spiro atoms. The van der Waals surface area contributed by atoms with Crippen molar-refractivity contribution in [1.82, 2.24) is 5.32 Å². The van der Waals surface area contributed by atoms with E-state index in [1.54, 1.807) is 24.3 Å². The molecule has 0 aromatic heterocycles. The number of hydrogen-bond acceptors (Lipinski definition) is 4. The van der Waals surface area contributed by atoms with Gasteiger partial charge in [-0.15, -0.1) is 0 Å². The van der Waals surface area contributed by atoms with Gasteiger partial charge in [0.05, 0.1) is 6.42 Å². The van der Waals surface area contributed by atoms with Crippen LogP contribution in [-0.4, -0.2) is 35.3 Å². The molecule has 0 radical (unpaired) electrons. The SMILES string of the molecule is O=C(O)CCNCc1ccc(OCC(=O)O)cc1. The monoisotopic (exact) mass is 253 g/mol. The van der Waals surface area contributed by atoms with Crippen LogP contribution in [0.1, 0.15) is 12.0 Å². The highest BCUT2D eigenvalue weighted by molar-refractivity contribution is 5.68. The molecular formula is C12H15NO5. The minimum absolute atomic E-state index is 0.0831. The van der Waals surface area contributed by atoms with E-state index in [0.29, 0.717) is 18.8 Å². The zero-order valence-electron chi connectivity index (χ0n) is 9.76. The second-order valence-corrected chi connectivity index (χ2v) is 3.65. The molecule has 1 rings (SSSR count). The van der Waals surface area contributed by atoms with Crippen molar-refractivity contribution in [3.63, 3.8) is 0 Å². The molecule has 0 unspecified atom stereocenters. The van der Waals surface area contributed by atoms with Gasteiger partial charge >= 0.3 is 11.9 Å². The molecule has 1 aromatic rings. The number of nitrogens with one attached hydrogen (secondary N) is 1. The molecule has 0 aliphatic heterocycles. The van der Waals surface area contributed by atoms with Gasteiger partial charge < -0.3 is 20.3 Å². The van der Waals surface area contributed by atoms with E-state index in [1.165, 1.54) is 0 Å². The van der Waals surface area contributed by atoms with E-state index in [4.69, 9.17) is 14.9 Å². The van der Waals surface area contributed by atoms with Crippen LogP contribution in [0.2, 0.25) is 0 Å². The molecule has 0 fully saturated rings. The smallest absolute Gasteiger partial charge is 0.341 e. The fourth-order valence-electron chi connectivity index (χ4n) is 1.28. The van der Waals surface area contributed by atoms with Crippen molar-refractivity contribution in [1.29, 1.82) is 0 Å². The first-order valence-electron chi connectivity index (χ1n) is 5.44. The summed E-state index contributed by atoms with van der Waals surface area (Å²) in [5, 5.41) is 19.9. The molecule has 6 heteroatoms. The van der Waals surface area contributed by atoms with Gasteiger partial charge in [0, 0.05) is 13.1 Å². The summed E-state index contributed by atoms with van der Waals surface area (Å²) in [5.74, 6) is -1.36. The van der Waals surface area contributed by atoms with Gasteiger partial charge in [0.15, 0.2) is 6.61 Å². The second kappa shape index (κ2) is 7.29. The normalized spacial score (nSPS) is 10.0. The lowest BCUT2D eigenvalue weighted by Gasteiger charge is -2.06. The number of hydrogen-bond donors (Lipinski definition) is 3. The Morgan fingerprint density at radius 3 is 2.33 bits per heavy atom. The zero-order valence-corrected chi connectivity index (χ0v) is 9.76. The lowest BCUT2D eigenvalue weighted by atomic mass is 10.2. The van der Waals surface area contributed by atoms with E-state index in [9.17, 15) is 9.59 Å². The van der Waals surface area contributed by atoms with Gasteiger partial charge in [-0.05, 0) is 17.7 Å². The van der Waals surface area contributed by atoms with E-state index in [2.05, 4.69) is 5.32 Å². The summed E-state index contributed by atoms with van der Waals surface area (Å²) >= 11 is 0. The molecule has 0 heterocycles. The van der Waals surface area contributed by atoms with E-state index in [-0.39, 0.29) is 13.0 Å². The maximum atomic E-state index is 10.3. The third kappa shape index (κ3) is 5.86. The maximum Gasteiger partial charge on any atom is 0.341 e. The molecule has 98 valence electrons. The molecule has 18 heavy (non-hydrogen) atoms. The lowest BCUT2D eigenvalue weighted by Crippen LogP contribution is -2.17. The van der Waals surface area contributed by atoms with Gasteiger partial charge in [-0.2, -0.15) is 0 Å². The van der Waals surface area contributed by atoms with Crippen molar-refractivity contribution in [3.8, 4) is 5.75 Å². The van der Waals surface area contributed by atoms with Gasteiger partial charge in [-0.1, -0.05) is 12.1 Å². The van der Waals surface area contributed by atoms with Crippen molar-refractivity contribution in [2.75, 3.05) is 13.2 Å². The van der Waals surface area contributed by atoms with Crippen molar-refractivity contribution in [3.05, 3.63) is 29.8 Å². The molecule has 0 aliphatic rings. The molecule has 0 bridgehead atoms. The minimum atomic E-state index is -1.02. The first-order chi connectivity index (χ1) is 8.58. The Morgan fingerprint density at radius 2 is 1.78 bits per heavy atom.